The molecule has 0 bridgehead atoms. The molecule has 0 aliphatic carbocycles. The van der Waals surface area contributed by atoms with Crippen LogP contribution in [0.4, 0.5) is 0 Å². The number of aliphatic hydroxyl groups is 2. The summed E-state index contributed by atoms with van der Waals surface area (Å²) in [6, 6.07) is 0. The summed E-state index contributed by atoms with van der Waals surface area (Å²) in [5.41, 5.74) is 0. The fraction of sp³-hybridized carbons (Fsp3) is 0.900. The van der Waals surface area contributed by atoms with Crippen LogP contribution in [0.3, 0.4) is 0 Å². The van der Waals surface area contributed by atoms with Gasteiger partial charge in [-0.15, -0.1) is 0 Å². The molecule has 0 aromatic carbocycles. The maximum atomic E-state index is 9.67. The summed E-state index contributed by atoms with van der Waals surface area (Å²) >= 11 is 2.13. The number of hydrogen-bond acceptors (Lipinski definition) is 2. The third kappa shape index (κ3) is 15.6. The summed E-state index contributed by atoms with van der Waals surface area (Å²) in [6.45, 7) is 3.90. The molecule has 0 amide bonds. The second-order valence-corrected chi connectivity index (χ2v) is 8.05. The zero-order valence-corrected chi connectivity index (χ0v) is 17.6. The van der Waals surface area contributed by atoms with E-state index in [0.29, 0.717) is 0 Å². The second kappa shape index (κ2) is 17.2. The molecule has 0 aromatic rings. The molecule has 23 heavy (non-hydrogen) atoms. The lowest BCUT2D eigenvalue weighted by molar-refractivity contribution is 0.0606. The minimum atomic E-state index is -0.711. The van der Waals surface area contributed by atoms with Crippen LogP contribution in [0, 0.1) is 0 Å². The lowest BCUT2D eigenvalue weighted by atomic mass is 10.0. The highest BCUT2D eigenvalue weighted by atomic mass is 127. The molecule has 0 aliphatic rings. The third-order valence-electron chi connectivity index (χ3n) is 4.39. The lowest BCUT2D eigenvalue weighted by Gasteiger charge is -2.12. The first-order chi connectivity index (χ1) is 11.1. The predicted molar refractivity (Wildman–Crippen MR) is 110 cm³/mol. The molecule has 2 N–H and O–H groups in total. The summed E-state index contributed by atoms with van der Waals surface area (Å²) in [5.74, 6) is 0. The molecule has 3 heteroatoms. The van der Waals surface area contributed by atoms with Crippen LogP contribution in [0.2, 0.25) is 0 Å². The Bertz CT molecular complexity index is 277. The molecule has 0 aliphatic heterocycles. The van der Waals surface area contributed by atoms with Crippen LogP contribution in [-0.2, 0) is 0 Å². The number of halogens is 1. The van der Waals surface area contributed by atoms with E-state index in [9.17, 15) is 10.2 Å². The van der Waals surface area contributed by atoms with Crippen LogP contribution in [0.25, 0.3) is 0 Å². The van der Waals surface area contributed by atoms with Gasteiger partial charge in [0.15, 0.2) is 0 Å². The number of allylic oxidation sites excluding steroid dienone is 1. The highest BCUT2D eigenvalue weighted by molar-refractivity contribution is 14.1. The topological polar surface area (TPSA) is 40.5 Å². The Morgan fingerprint density at radius 1 is 0.783 bits per heavy atom. The van der Waals surface area contributed by atoms with Crippen molar-refractivity contribution in [3.63, 3.8) is 0 Å². The van der Waals surface area contributed by atoms with Crippen molar-refractivity contribution in [3.05, 3.63) is 9.66 Å². The Balaban J connectivity index is 3.26. The fourth-order valence-electron chi connectivity index (χ4n) is 2.75. The summed E-state index contributed by atoms with van der Waals surface area (Å²) < 4.78 is 0.872. The summed E-state index contributed by atoms with van der Waals surface area (Å²) in [4.78, 5) is 0. The Morgan fingerprint density at radius 2 is 1.17 bits per heavy atom. The van der Waals surface area contributed by atoms with Gasteiger partial charge in [0, 0.05) is 3.58 Å². The van der Waals surface area contributed by atoms with E-state index in [4.69, 9.17) is 0 Å². The minimum absolute atomic E-state index is 0.676. The molecule has 0 saturated carbocycles. The van der Waals surface area contributed by atoms with Crippen LogP contribution in [0.1, 0.15) is 104 Å². The number of hydrogen-bond donors (Lipinski definition) is 2. The normalized spacial score (nSPS) is 14.9. The first-order valence-electron chi connectivity index (χ1n) is 9.81. The van der Waals surface area contributed by atoms with E-state index in [1.54, 1.807) is 6.92 Å². The molecule has 0 unspecified atom stereocenters. The van der Waals surface area contributed by atoms with E-state index < -0.39 is 12.2 Å². The molecule has 0 radical (unpaired) electrons. The Kier molecular flexibility index (Phi) is 17.5. The zero-order valence-electron chi connectivity index (χ0n) is 15.4. The molecule has 0 heterocycles. The van der Waals surface area contributed by atoms with Crippen molar-refractivity contribution in [2.24, 2.45) is 0 Å². The number of unbranched alkanes of at least 4 members (excludes halogenated alkanes) is 13. The Morgan fingerprint density at radius 3 is 1.57 bits per heavy atom. The van der Waals surface area contributed by atoms with Crippen LogP contribution in [0.5, 0.6) is 0 Å². The van der Waals surface area contributed by atoms with Crippen LogP contribution in [-0.4, -0.2) is 22.4 Å². The lowest BCUT2D eigenvalue weighted by Crippen LogP contribution is -2.22. The van der Waals surface area contributed by atoms with Gasteiger partial charge in [0.1, 0.15) is 6.10 Å². The van der Waals surface area contributed by atoms with E-state index in [1.807, 2.05) is 0 Å². The Labute approximate surface area is 158 Å². The fourth-order valence-corrected chi connectivity index (χ4v) is 3.59. The SMILES string of the molecule is CCCCCCCCCCCCCCC/C=C(\I)[C@H](O)[C@H](C)O. The van der Waals surface area contributed by atoms with Gasteiger partial charge in [-0.3, -0.25) is 0 Å². The smallest absolute Gasteiger partial charge is 0.110 e. The molecule has 0 rings (SSSR count). The van der Waals surface area contributed by atoms with Crippen molar-refractivity contribution < 1.29 is 10.2 Å². The van der Waals surface area contributed by atoms with Crippen molar-refractivity contribution in [2.75, 3.05) is 0 Å². The van der Waals surface area contributed by atoms with Crippen LogP contribution < -0.4 is 0 Å². The maximum absolute atomic E-state index is 9.67. The van der Waals surface area contributed by atoms with Gasteiger partial charge in [-0.05, 0) is 42.4 Å². The zero-order chi connectivity index (χ0) is 17.3. The third-order valence-corrected chi connectivity index (χ3v) is 5.47. The molecular formula is C20H39IO2. The van der Waals surface area contributed by atoms with Crippen molar-refractivity contribution in [3.8, 4) is 0 Å². The first kappa shape index (κ1) is 23.4. The minimum Gasteiger partial charge on any atom is -0.390 e. The monoisotopic (exact) mass is 438 g/mol. The largest absolute Gasteiger partial charge is 0.390 e. The number of rotatable bonds is 16. The molecule has 0 spiro atoms. The quantitative estimate of drug-likeness (QED) is 0.213. The molecule has 0 saturated heterocycles. The van der Waals surface area contributed by atoms with Crippen LogP contribution >= 0.6 is 22.6 Å². The molecular weight excluding hydrogens is 399 g/mol. The summed E-state index contributed by atoms with van der Waals surface area (Å²) in [6.07, 6.45) is 19.6. The van der Waals surface area contributed by atoms with Gasteiger partial charge >= 0.3 is 0 Å². The van der Waals surface area contributed by atoms with Gasteiger partial charge in [-0.1, -0.05) is 90.0 Å². The van der Waals surface area contributed by atoms with E-state index >= 15 is 0 Å². The molecule has 0 fully saturated rings. The van der Waals surface area contributed by atoms with E-state index in [0.717, 1.165) is 10.0 Å². The van der Waals surface area contributed by atoms with Gasteiger partial charge in [0.25, 0.3) is 0 Å². The van der Waals surface area contributed by atoms with E-state index in [1.165, 1.54) is 83.5 Å². The summed E-state index contributed by atoms with van der Waals surface area (Å²) in [5, 5.41) is 19.0. The molecule has 0 aromatic heterocycles. The standard InChI is InChI=1S/C20H39IO2/c1-3-4-5-6-7-8-9-10-11-12-13-14-15-16-17-19(21)20(23)18(2)22/h17-18,20,22-23H,3-16H2,1-2H3/b19-17-/t18-,20+/m0/s1. The predicted octanol–water partition coefficient (Wildman–Crippen LogP) is 6.53. The molecule has 138 valence electrons. The van der Waals surface area contributed by atoms with Gasteiger partial charge in [0.2, 0.25) is 0 Å². The average Bonchev–Trinajstić information content (AvgIpc) is 2.54. The van der Waals surface area contributed by atoms with Gasteiger partial charge in [-0.25, -0.2) is 0 Å². The van der Waals surface area contributed by atoms with Gasteiger partial charge in [0.05, 0.1) is 6.10 Å². The van der Waals surface area contributed by atoms with Gasteiger partial charge < -0.3 is 10.2 Å². The molecule has 2 atom stereocenters. The van der Waals surface area contributed by atoms with Crippen molar-refractivity contribution in [1.29, 1.82) is 0 Å². The second-order valence-electron chi connectivity index (χ2n) is 6.81. The highest BCUT2D eigenvalue weighted by Crippen LogP contribution is 2.17. The Hall–Kier alpha value is 0.390. The van der Waals surface area contributed by atoms with E-state index in [2.05, 4.69) is 35.6 Å². The molecule has 2 nitrogen and oxygen atoms in total. The number of aliphatic hydroxyl groups excluding tert-OH is 2. The highest BCUT2D eigenvalue weighted by Gasteiger charge is 2.13. The maximum Gasteiger partial charge on any atom is 0.110 e. The average molecular weight is 438 g/mol. The van der Waals surface area contributed by atoms with Crippen molar-refractivity contribution >= 4 is 22.6 Å². The first-order valence-corrected chi connectivity index (χ1v) is 10.9. The van der Waals surface area contributed by atoms with E-state index in [-0.39, 0.29) is 0 Å². The summed E-state index contributed by atoms with van der Waals surface area (Å²) in [7, 11) is 0. The van der Waals surface area contributed by atoms with Gasteiger partial charge in [-0.2, -0.15) is 0 Å². The van der Waals surface area contributed by atoms with Crippen LogP contribution in [0.15, 0.2) is 9.66 Å². The van der Waals surface area contributed by atoms with Crippen molar-refractivity contribution in [1.82, 2.24) is 0 Å². The van der Waals surface area contributed by atoms with Crippen molar-refractivity contribution in [2.45, 2.75) is 116 Å².